The van der Waals surface area contributed by atoms with E-state index in [0.717, 1.165) is 51.3 Å². The van der Waals surface area contributed by atoms with E-state index in [1.807, 2.05) is 6.20 Å². The molecule has 0 aromatic carbocycles. The average molecular weight is 511 g/mol. The van der Waals surface area contributed by atoms with Gasteiger partial charge in [0.2, 0.25) is 0 Å². The predicted octanol–water partition coefficient (Wildman–Crippen LogP) is 4.16. The van der Waals surface area contributed by atoms with Crippen LogP contribution in [0, 0.1) is 17.8 Å². The van der Waals surface area contributed by atoms with Gasteiger partial charge in [-0.2, -0.15) is 0 Å². The second-order valence-electron chi connectivity index (χ2n) is 10.7. The van der Waals surface area contributed by atoms with E-state index in [4.69, 9.17) is 10.7 Å². The van der Waals surface area contributed by atoms with Crippen molar-refractivity contribution in [3.8, 4) is 17.0 Å². The summed E-state index contributed by atoms with van der Waals surface area (Å²) in [5.74, 6) is 1.68. The van der Waals surface area contributed by atoms with Crippen LogP contribution in [0.3, 0.4) is 0 Å². The maximum absolute atomic E-state index is 12.8. The summed E-state index contributed by atoms with van der Waals surface area (Å²) in [7, 11) is 0. The maximum Gasteiger partial charge on any atom is 0.573 e. The van der Waals surface area contributed by atoms with E-state index < -0.39 is 12.1 Å². The van der Waals surface area contributed by atoms with Gasteiger partial charge in [-0.05, 0) is 36.7 Å². The topological polar surface area (TPSA) is 72.4 Å². The summed E-state index contributed by atoms with van der Waals surface area (Å²) < 4.78 is 57.3. The molecule has 2 aromatic rings. The second-order valence-corrected chi connectivity index (χ2v) is 10.7. The van der Waals surface area contributed by atoms with Crippen LogP contribution in [0.4, 0.5) is 23.4 Å². The van der Waals surface area contributed by atoms with Gasteiger partial charge in [0.1, 0.15) is 12.5 Å². The van der Waals surface area contributed by atoms with Gasteiger partial charge in [0, 0.05) is 69.2 Å². The molecule has 2 atom stereocenters. The minimum atomic E-state index is -4.85. The molecular formula is C25H34F4N6O. The van der Waals surface area contributed by atoms with Gasteiger partial charge in [-0.25, -0.2) is 14.4 Å². The van der Waals surface area contributed by atoms with E-state index in [9.17, 15) is 17.6 Å². The number of aromatic nitrogens is 3. The van der Waals surface area contributed by atoms with Crippen molar-refractivity contribution in [1.82, 2.24) is 24.3 Å². The summed E-state index contributed by atoms with van der Waals surface area (Å²) >= 11 is 0. The molecule has 3 heterocycles. The smallest absolute Gasteiger partial charge is 0.402 e. The zero-order chi connectivity index (χ0) is 25.6. The van der Waals surface area contributed by atoms with Crippen molar-refractivity contribution >= 4 is 5.82 Å². The van der Waals surface area contributed by atoms with Gasteiger partial charge in [-0.1, -0.05) is 13.8 Å². The Morgan fingerprint density at radius 2 is 1.83 bits per heavy atom. The summed E-state index contributed by atoms with van der Waals surface area (Å²) in [6, 6.07) is 2.20. The standard InChI is InChI=1S/C25H34F4N6O/c1-15(2)9-22-32-20(16-10-21(24(30)31-13-16)36-25(27,28)29)14-35(22)23-18-11-17(12-19(18)23)34-7-5-33(4-3-26)6-8-34/h10,13-15,17-19,23H,3-9,11-12H2,1-2H3,(H2,30,31). The van der Waals surface area contributed by atoms with Gasteiger partial charge in [-0.15, -0.1) is 13.2 Å². The number of halogens is 4. The number of hydrogen-bond donors (Lipinski definition) is 1. The molecule has 2 N–H and O–H groups in total. The van der Waals surface area contributed by atoms with Crippen LogP contribution in [0.15, 0.2) is 18.5 Å². The van der Waals surface area contributed by atoms with E-state index in [1.165, 1.54) is 12.3 Å². The minimum absolute atomic E-state index is 0.288. The van der Waals surface area contributed by atoms with Crippen molar-refractivity contribution < 1.29 is 22.3 Å². The highest BCUT2D eigenvalue weighted by Crippen LogP contribution is 2.62. The van der Waals surface area contributed by atoms with Crippen LogP contribution in [0.25, 0.3) is 11.3 Å². The predicted molar refractivity (Wildman–Crippen MR) is 128 cm³/mol. The molecule has 0 spiro atoms. The van der Waals surface area contributed by atoms with Gasteiger partial charge < -0.3 is 15.0 Å². The molecule has 11 heteroatoms. The van der Waals surface area contributed by atoms with E-state index in [1.54, 1.807) is 0 Å². The Labute approximate surface area is 208 Å². The van der Waals surface area contributed by atoms with E-state index in [0.29, 0.717) is 47.6 Å². The Morgan fingerprint density at radius 1 is 1.14 bits per heavy atom. The highest BCUT2D eigenvalue weighted by atomic mass is 19.4. The van der Waals surface area contributed by atoms with Gasteiger partial charge in [0.15, 0.2) is 11.6 Å². The van der Waals surface area contributed by atoms with Crippen molar-refractivity contribution in [3.05, 3.63) is 24.3 Å². The summed E-state index contributed by atoms with van der Waals surface area (Å²) in [6.07, 6.45) is 1.61. The Balaban J connectivity index is 1.30. The Kier molecular flexibility index (Phi) is 6.88. The number of nitrogens with two attached hydrogens (primary N) is 1. The first-order chi connectivity index (χ1) is 17.1. The Hall–Kier alpha value is -2.40. The number of ether oxygens (including phenoxy) is 1. The molecular weight excluding hydrogens is 476 g/mol. The van der Waals surface area contributed by atoms with Gasteiger partial charge in [-0.3, -0.25) is 9.80 Å². The number of nitrogens with zero attached hydrogens (tertiary/aromatic N) is 5. The summed E-state index contributed by atoms with van der Waals surface area (Å²) in [5, 5.41) is 0. The first-order valence-electron chi connectivity index (χ1n) is 12.7. The molecule has 36 heavy (non-hydrogen) atoms. The lowest BCUT2D eigenvalue weighted by Crippen LogP contribution is -2.50. The van der Waals surface area contributed by atoms with Crippen molar-refractivity contribution in [2.45, 2.75) is 51.6 Å². The number of pyridine rings is 1. The van der Waals surface area contributed by atoms with Crippen molar-refractivity contribution in [1.29, 1.82) is 0 Å². The molecule has 0 radical (unpaired) electrons. The first kappa shape index (κ1) is 25.3. The molecule has 5 rings (SSSR count). The zero-order valence-electron chi connectivity index (χ0n) is 20.7. The van der Waals surface area contributed by atoms with Crippen LogP contribution in [-0.2, 0) is 6.42 Å². The fraction of sp³-hybridized carbons (Fsp3) is 0.680. The number of anilines is 1. The van der Waals surface area contributed by atoms with Crippen LogP contribution in [0.5, 0.6) is 5.75 Å². The normalized spacial score (nSPS) is 27.0. The molecule has 2 aromatic heterocycles. The van der Waals surface area contributed by atoms with Crippen LogP contribution < -0.4 is 10.5 Å². The fourth-order valence-corrected chi connectivity index (χ4v) is 6.11. The highest BCUT2D eigenvalue weighted by molar-refractivity contribution is 5.64. The lowest BCUT2D eigenvalue weighted by atomic mass is 10.1. The zero-order valence-corrected chi connectivity index (χ0v) is 20.7. The molecule has 1 saturated heterocycles. The van der Waals surface area contributed by atoms with Crippen LogP contribution >= 0.6 is 0 Å². The van der Waals surface area contributed by atoms with Gasteiger partial charge in [0.05, 0.1) is 5.69 Å². The Bertz CT molecular complexity index is 1050. The number of nitrogen functional groups attached to an aromatic ring is 1. The number of imidazole rings is 1. The third kappa shape index (κ3) is 5.32. The van der Waals surface area contributed by atoms with E-state index in [2.05, 4.69) is 37.9 Å². The molecule has 3 fully saturated rings. The SMILES string of the molecule is CC(C)Cc1nc(-c2cnc(N)c(OC(F)(F)F)c2)cn1C1C2CC(N3CCN(CCF)CC3)CC21. The number of rotatable bonds is 8. The molecule has 198 valence electrons. The molecule has 0 bridgehead atoms. The van der Waals surface area contributed by atoms with Crippen LogP contribution in [-0.4, -0.2) is 76.1 Å². The highest BCUT2D eigenvalue weighted by Gasteiger charge is 2.58. The third-order valence-corrected chi connectivity index (χ3v) is 7.82. The average Bonchev–Trinajstić information content (AvgIpc) is 3.12. The molecule has 2 unspecified atom stereocenters. The quantitative estimate of drug-likeness (QED) is 0.538. The largest absolute Gasteiger partial charge is 0.573 e. The molecule has 7 nitrogen and oxygen atoms in total. The molecule has 0 amide bonds. The Morgan fingerprint density at radius 3 is 2.44 bits per heavy atom. The van der Waals surface area contributed by atoms with Crippen molar-refractivity contribution in [3.63, 3.8) is 0 Å². The lowest BCUT2D eigenvalue weighted by Gasteiger charge is -2.38. The number of piperazine rings is 1. The first-order valence-corrected chi connectivity index (χ1v) is 12.7. The van der Waals surface area contributed by atoms with Crippen LogP contribution in [0.1, 0.15) is 38.6 Å². The summed E-state index contributed by atoms with van der Waals surface area (Å²) in [4.78, 5) is 13.5. The number of hydrogen-bond acceptors (Lipinski definition) is 6. The van der Waals surface area contributed by atoms with E-state index in [-0.39, 0.29) is 12.5 Å². The summed E-state index contributed by atoms with van der Waals surface area (Å²) in [6.45, 7) is 8.35. The minimum Gasteiger partial charge on any atom is -0.402 e. The molecule has 3 aliphatic rings. The lowest BCUT2D eigenvalue weighted by molar-refractivity contribution is -0.274. The maximum atomic E-state index is 12.8. The number of fused-ring (bicyclic) bond motifs is 1. The number of alkyl halides is 4. The molecule has 2 saturated carbocycles. The van der Waals surface area contributed by atoms with Crippen LogP contribution in [0.2, 0.25) is 0 Å². The molecule has 2 aliphatic carbocycles. The van der Waals surface area contributed by atoms with Gasteiger partial charge >= 0.3 is 6.36 Å². The van der Waals surface area contributed by atoms with Gasteiger partial charge in [0.25, 0.3) is 0 Å². The second kappa shape index (κ2) is 9.81. The monoisotopic (exact) mass is 510 g/mol. The third-order valence-electron chi connectivity index (χ3n) is 7.82. The summed E-state index contributed by atoms with van der Waals surface area (Å²) in [5.41, 5.74) is 6.63. The van der Waals surface area contributed by atoms with Crippen molar-refractivity contribution in [2.24, 2.45) is 17.8 Å². The fourth-order valence-electron chi connectivity index (χ4n) is 6.11. The van der Waals surface area contributed by atoms with E-state index >= 15 is 0 Å². The molecule has 1 aliphatic heterocycles. The van der Waals surface area contributed by atoms with Crippen molar-refractivity contribution in [2.75, 3.05) is 45.1 Å².